The summed E-state index contributed by atoms with van der Waals surface area (Å²) in [5.74, 6) is 0.963. The van der Waals surface area contributed by atoms with E-state index >= 15 is 0 Å². The molecule has 3 nitrogen and oxygen atoms in total. The summed E-state index contributed by atoms with van der Waals surface area (Å²) >= 11 is 0. The first-order valence-corrected chi connectivity index (χ1v) is 5.93. The zero-order valence-electron chi connectivity index (χ0n) is 9.52. The van der Waals surface area contributed by atoms with Crippen molar-refractivity contribution < 1.29 is 0 Å². The van der Waals surface area contributed by atoms with Gasteiger partial charge in [0.2, 0.25) is 0 Å². The largest absolute Gasteiger partial charge is 0.405 e. The Morgan fingerprint density at radius 3 is 3.07 bits per heavy atom. The Bertz CT molecular complexity index is 270. The van der Waals surface area contributed by atoms with E-state index in [0.29, 0.717) is 0 Å². The Balaban J connectivity index is 1.94. The van der Waals surface area contributed by atoms with E-state index in [9.17, 15) is 0 Å². The predicted octanol–water partition coefficient (Wildman–Crippen LogP) is 1.40. The molecule has 1 aliphatic carbocycles. The van der Waals surface area contributed by atoms with Crippen molar-refractivity contribution >= 4 is 5.71 Å². The highest BCUT2D eigenvalue weighted by Crippen LogP contribution is 2.37. The van der Waals surface area contributed by atoms with Gasteiger partial charge in [0.1, 0.15) is 0 Å². The zero-order valence-corrected chi connectivity index (χ0v) is 9.52. The molecule has 1 saturated heterocycles. The van der Waals surface area contributed by atoms with Crippen molar-refractivity contribution in [1.82, 2.24) is 4.90 Å². The van der Waals surface area contributed by atoms with Crippen LogP contribution in [0.3, 0.4) is 0 Å². The summed E-state index contributed by atoms with van der Waals surface area (Å²) in [5.41, 5.74) is 6.51. The highest BCUT2D eigenvalue weighted by molar-refractivity contribution is 5.96. The third kappa shape index (κ3) is 2.23. The standard InChI is InChI=1S/C12H21N3/c1-14-11(5-7-13)9-15-8-6-10-3-2-4-12(10)15/h5,7,10,12H,2-4,6,8-9,13H2,1H3/t10-,12-/m1/s1. The van der Waals surface area contributed by atoms with Gasteiger partial charge in [-0.25, -0.2) is 0 Å². The monoisotopic (exact) mass is 207 g/mol. The van der Waals surface area contributed by atoms with Gasteiger partial charge in [0.15, 0.2) is 0 Å². The molecule has 1 aliphatic heterocycles. The number of likely N-dealkylation sites (tertiary alicyclic amines) is 1. The lowest BCUT2D eigenvalue weighted by molar-refractivity contribution is 0.274. The lowest BCUT2D eigenvalue weighted by Gasteiger charge is -2.23. The molecule has 15 heavy (non-hydrogen) atoms. The van der Waals surface area contributed by atoms with Crippen molar-refractivity contribution in [2.45, 2.75) is 31.7 Å². The van der Waals surface area contributed by atoms with Gasteiger partial charge < -0.3 is 5.73 Å². The van der Waals surface area contributed by atoms with Gasteiger partial charge in [0.25, 0.3) is 0 Å². The number of aliphatic imine (C=N–C) groups is 1. The number of fused-ring (bicyclic) bond motifs is 1. The van der Waals surface area contributed by atoms with Crippen LogP contribution in [0.2, 0.25) is 0 Å². The molecule has 0 bridgehead atoms. The number of hydrogen-bond donors (Lipinski definition) is 1. The highest BCUT2D eigenvalue weighted by atomic mass is 15.2. The average Bonchev–Trinajstić information content (AvgIpc) is 2.81. The van der Waals surface area contributed by atoms with Gasteiger partial charge in [0.05, 0.1) is 0 Å². The van der Waals surface area contributed by atoms with E-state index in [1.165, 1.54) is 32.2 Å². The average molecular weight is 207 g/mol. The summed E-state index contributed by atoms with van der Waals surface area (Å²) in [6, 6.07) is 0.827. The van der Waals surface area contributed by atoms with Crippen LogP contribution in [0, 0.1) is 5.92 Å². The van der Waals surface area contributed by atoms with Gasteiger partial charge in [-0.15, -0.1) is 0 Å². The molecular formula is C12H21N3. The molecule has 0 aromatic rings. The molecule has 1 heterocycles. The van der Waals surface area contributed by atoms with E-state index in [-0.39, 0.29) is 0 Å². The Kier molecular flexibility index (Phi) is 3.41. The van der Waals surface area contributed by atoms with Crippen LogP contribution >= 0.6 is 0 Å². The lowest BCUT2D eigenvalue weighted by Crippen LogP contribution is -2.34. The number of nitrogens with zero attached hydrogens (tertiary/aromatic N) is 2. The summed E-state index contributed by atoms with van der Waals surface area (Å²) in [4.78, 5) is 6.85. The molecule has 2 rings (SSSR count). The Hall–Kier alpha value is -0.830. The van der Waals surface area contributed by atoms with Crippen LogP contribution < -0.4 is 5.73 Å². The maximum absolute atomic E-state index is 5.41. The minimum absolute atomic E-state index is 0.827. The fourth-order valence-electron chi connectivity index (χ4n) is 3.05. The van der Waals surface area contributed by atoms with Gasteiger partial charge in [-0.3, -0.25) is 9.89 Å². The molecule has 2 aliphatic rings. The second-order valence-corrected chi connectivity index (χ2v) is 4.59. The Morgan fingerprint density at radius 1 is 1.47 bits per heavy atom. The van der Waals surface area contributed by atoms with Crippen LogP contribution in [-0.2, 0) is 0 Å². The summed E-state index contributed by atoms with van der Waals surface area (Å²) < 4.78 is 0. The smallest absolute Gasteiger partial charge is 0.0499 e. The van der Waals surface area contributed by atoms with Gasteiger partial charge >= 0.3 is 0 Å². The van der Waals surface area contributed by atoms with Gasteiger partial charge in [-0.1, -0.05) is 6.42 Å². The molecule has 0 amide bonds. The molecule has 2 fully saturated rings. The first kappa shape index (κ1) is 10.7. The minimum Gasteiger partial charge on any atom is -0.405 e. The molecule has 2 atom stereocenters. The van der Waals surface area contributed by atoms with E-state index in [2.05, 4.69) is 9.89 Å². The summed E-state index contributed by atoms with van der Waals surface area (Å²) in [6.07, 6.45) is 9.12. The molecular weight excluding hydrogens is 186 g/mol. The van der Waals surface area contributed by atoms with Crippen molar-refractivity contribution in [1.29, 1.82) is 0 Å². The second kappa shape index (κ2) is 4.79. The van der Waals surface area contributed by atoms with Gasteiger partial charge in [-0.05, 0) is 44.0 Å². The molecule has 0 unspecified atom stereocenters. The van der Waals surface area contributed by atoms with Crippen molar-refractivity contribution in [2.24, 2.45) is 16.6 Å². The van der Waals surface area contributed by atoms with Crippen LogP contribution in [-0.4, -0.2) is 36.8 Å². The minimum atomic E-state index is 0.827. The Labute approximate surface area is 92.0 Å². The first-order chi connectivity index (χ1) is 7.35. The van der Waals surface area contributed by atoms with Gasteiger partial charge in [0, 0.05) is 25.3 Å². The third-order valence-corrected chi connectivity index (χ3v) is 3.82. The van der Waals surface area contributed by atoms with E-state index in [4.69, 9.17) is 5.73 Å². The molecule has 0 spiro atoms. The molecule has 3 heteroatoms. The number of nitrogens with two attached hydrogens (primary N) is 1. The van der Waals surface area contributed by atoms with E-state index < -0.39 is 0 Å². The molecule has 0 aromatic heterocycles. The first-order valence-electron chi connectivity index (χ1n) is 5.93. The van der Waals surface area contributed by atoms with E-state index in [0.717, 1.165) is 24.2 Å². The molecule has 2 N–H and O–H groups in total. The summed E-state index contributed by atoms with van der Waals surface area (Å²) in [6.45, 7) is 2.22. The van der Waals surface area contributed by atoms with Gasteiger partial charge in [-0.2, -0.15) is 0 Å². The van der Waals surface area contributed by atoms with Crippen LogP contribution in [0.4, 0.5) is 0 Å². The zero-order chi connectivity index (χ0) is 10.7. The summed E-state index contributed by atoms with van der Waals surface area (Å²) in [7, 11) is 1.84. The maximum atomic E-state index is 5.41. The van der Waals surface area contributed by atoms with Crippen LogP contribution in [0.25, 0.3) is 0 Å². The van der Waals surface area contributed by atoms with E-state index in [1.807, 2.05) is 13.1 Å². The maximum Gasteiger partial charge on any atom is 0.0499 e. The Morgan fingerprint density at radius 2 is 2.33 bits per heavy atom. The normalized spacial score (nSPS) is 32.7. The molecule has 0 radical (unpaired) electrons. The van der Waals surface area contributed by atoms with E-state index in [1.54, 1.807) is 6.20 Å². The van der Waals surface area contributed by atoms with Crippen molar-refractivity contribution in [2.75, 3.05) is 20.1 Å². The fraction of sp³-hybridized carbons (Fsp3) is 0.750. The topological polar surface area (TPSA) is 41.6 Å². The van der Waals surface area contributed by atoms with Crippen LogP contribution in [0.15, 0.2) is 17.3 Å². The predicted molar refractivity (Wildman–Crippen MR) is 64.0 cm³/mol. The third-order valence-electron chi connectivity index (χ3n) is 3.82. The highest BCUT2D eigenvalue weighted by Gasteiger charge is 2.37. The number of rotatable bonds is 3. The molecule has 1 saturated carbocycles. The second-order valence-electron chi connectivity index (χ2n) is 4.59. The molecule has 0 aromatic carbocycles. The van der Waals surface area contributed by atoms with Crippen molar-refractivity contribution in [3.63, 3.8) is 0 Å². The fourth-order valence-corrected chi connectivity index (χ4v) is 3.05. The van der Waals surface area contributed by atoms with Crippen molar-refractivity contribution in [3.8, 4) is 0 Å². The number of hydrogen-bond acceptors (Lipinski definition) is 3. The van der Waals surface area contributed by atoms with Crippen LogP contribution in [0.1, 0.15) is 25.7 Å². The molecule has 84 valence electrons. The lowest BCUT2D eigenvalue weighted by atomic mass is 10.0. The summed E-state index contributed by atoms with van der Waals surface area (Å²) in [5, 5.41) is 0. The van der Waals surface area contributed by atoms with Crippen molar-refractivity contribution in [3.05, 3.63) is 12.3 Å². The quantitative estimate of drug-likeness (QED) is 0.711. The SMILES string of the molecule is CN=C(C=CN)CN1CC[C@H]2CCC[C@H]21. The van der Waals surface area contributed by atoms with Crippen LogP contribution in [0.5, 0.6) is 0 Å².